The van der Waals surface area contributed by atoms with Gasteiger partial charge < -0.3 is 0 Å². The molecule has 0 aromatic rings. The van der Waals surface area contributed by atoms with Gasteiger partial charge in [-0.2, -0.15) is 0 Å². The molecule has 4 nitrogen and oxygen atoms in total. The summed E-state index contributed by atoms with van der Waals surface area (Å²) in [5, 5.41) is 0. The first-order chi connectivity index (χ1) is 3.48. The largest absolute Gasteiger partial charge is 0.244 e. The van der Waals surface area contributed by atoms with Crippen molar-refractivity contribution >= 4 is 10.0 Å². The zero-order valence-electron chi connectivity index (χ0n) is 4.53. The second-order valence-corrected chi connectivity index (χ2v) is 3.16. The minimum atomic E-state index is -3.26. The van der Waals surface area contributed by atoms with Crippen LogP contribution in [-0.4, -0.2) is 19.1 Å². The molecule has 0 amide bonds. The molecule has 0 spiro atoms. The van der Waals surface area contributed by atoms with Crippen LogP contribution < -0.4 is 5.84 Å². The maximum atomic E-state index is 10.3. The number of nitrogens with two attached hydrogens (primary N) is 1. The molecule has 0 aromatic carbocycles. The van der Waals surface area contributed by atoms with E-state index in [9.17, 15) is 8.42 Å². The Kier molecular flexibility index (Phi) is 2.00. The molecule has 8 heavy (non-hydrogen) atoms. The Morgan fingerprint density at radius 1 is 1.75 bits per heavy atom. The second-order valence-electron chi connectivity index (χ2n) is 1.28. The monoisotopic (exact) mass is 136 g/mol. The molecule has 0 fully saturated rings. The SMILES string of the molecule is C=CN(N)S(C)(=O)=O. The van der Waals surface area contributed by atoms with E-state index in [-0.39, 0.29) is 0 Å². The normalized spacial score (nSPS) is 10.8. The van der Waals surface area contributed by atoms with Crippen LogP contribution in [-0.2, 0) is 10.0 Å². The van der Waals surface area contributed by atoms with Crippen molar-refractivity contribution in [1.29, 1.82) is 0 Å². The van der Waals surface area contributed by atoms with Crippen LogP contribution in [0.4, 0.5) is 0 Å². The third-order valence-electron chi connectivity index (χ3n) is 0.563. The molecule has 0 rings (SSSR count). The Bertz CT molecular complexity index is 172. The molecular formula is C3H8N2O2S. The van der Waals surface area contributed by atoms with E-state index in [1.165, 1.54) is 0 Å². The first-order valence-electron chi connectivity index (χ1n) is 1.85. The van der Waals surface area contributed by atoms with E-state index in [4.69, 9.17) is 5.84 Å². The van der Waals surface area contributed by atoms with E-state index in [0.29, 0.717) is 4.41 Å². The molecular weight excluding hydrogens is 128 g/mol. The van der Waals surface area contributed by atoms with Gasteiger partial charge in [0.05, 0.1) is 6.26 Å². The average Bonchev–Trinajstić information content (AvgIpc) is 1.62. The number of sulfonamides is 1. The minimum absolute atomic E-state index is 0.549. The van der Waals surface area contributed by atoms with E-state index in [2.05, 4.69) is 6.58 Å². The second kappa shape index (κ2) is 2.15. The van der Waals surface area contributed by atoms with Crippen molar-refractivity contribution in [1.82, 2.24) is 4.41 Å². The fourth-order valence-corrected chi connectivity index (χ4v) is 0.406. The maximum absolute atomic E-state index is 10.3. The van der Waals surface area contributed by atoms with Gasteiger partial charge in [-0.05, 0) is 0 Å². The van der Waals surface area contributed by atoms with Crippen LogP contribution in [0, 0.1) is 0 Å². The van der Waals surface area contributed by atoms with Gasteiger partial charge in [-0.15, -0.1) is 0 Å². The minimum Gasteiger partial charge on any atom is -0.234 e. The molecule has 48 valence electrons. The zero-order valence-corrected chi connectivity index (χ0v) is 5.35. The van der Waals surface area contributed by atoms with Gasteiger partial charge in [0.15, 0.2) is 0 Å². The molecule has 2 N–H and O–H groups in total. The maximum Gasteiger partial charge on any atom is 0.244 e. The molecule has 0 saturated heterocycles. The van der Waals surface area contributed by atoms with E-state index in [1.54, 1.807) is 0 Å². The van der Waals surface area contributed by atoms with Crippen LogP contribution in [0.3, 0.4) is 0 Å². The van der Waals surface area contributed by atoms with E-state index < -0.39 is 10.0 Å². The van der Waals surface area contributed by atoms with Crippen LogP contribution in [0.15, 0.2) is 12.8 Å². The summed E-state index contributed by atoms with van der Waals surface area (Å²) in [4.78, 5) is 0. The smallest absolute Gasteiger partial charge is 0.234 e. The summed E-state index contributed by atoms with van der Waals surface area (Å²) in [6.07, 6.45) is 2.02. The Morgan fingerprint density at radius 2 is 2.12 bits per heavy atom. The van der Waals surface area contributed by atoms with Gasteiger partial charge in [0.25, 0.3) is 0 Å². The third kappa shape index (κ3) is 1.94. The lowest BCUT2D eigenvalue weighted by atomic mass is 11.1. The summed E-state index contributed by atoms with van der Waals surface area (Å²) >= 11 is 0. The van der Waals surface area contributed by atoms with Crippen LogP contribution in [0.25, 0.3) is 0 Å². The number of hydrazine groups is 1. The van der Waals surface area contributed by atoms with Gasteiger partial charge in [-0.3, -0.25) is 0 Å². The molecule has 0 atom stereocenters. The van der Waals surface area contributed by atoms with Crippen molar-refractivity contribution < 1.29 is 8.42 Å². The molecule has 0 saturated carbocycles. The molecule has 0 unspecified atom stereocenters. The summed E-state index contributed by atoms with van der Waals surface area (Å²) < 4.78 is 21.1. The van der Waals surface area contributed by atoms with E-state index in [0.717, 1.165) is 12.5 Å². The van der Waals surface area contributed by atoms with Crippen molar-refractivity contribution in [2.75, 3.05) is 6.26 Å². The Labute approximate surface area is 48.6 Å². The molecule has 0 aliphatic rings. The van der Waals surface area contributed by atoms with Crippen molar-refractivity contribution in [3.8, 4) is 0 Å². The van der Waals surface area contributed by atoms with Crippen molar-refractivity contribution in [3.05, 3.63) is 12.8 Å². The van der Waals surface area contributed by atoms with Crippen molar-refractivity contribution in [2.24, 2.45) is 5.84 Å². The summed E-state index contributed by atoms with van der Waals surface area (Å²) in [5.74, 6) is 4.88. The molecule has 0 heterocycles. The Balaban J connectivity index is 4.26. The van der Waals surface area contributed by atoms with Gasteiger partial charge in [0.2, 0.25) is 10.0 Å². The first kappa shape index (κ1) is 7.45. The average molecular weight is 136 g/mol. The molecule has 5 heteroatoms. The number of hydrogen-bond donors (Lipinski definition) is 1. The highest BCUT2D eigenvalue weighted by Crippen LogP contribution is 1.85. The molecule has 0 aliphatic heterocycles. The van der Waals surface area contributed by atoms with Gasteiger partial charge >= 0.3 is 0 Å². The standard InChI is InChI=1S/C3H8N2O2S/c1-3-5(4)8(2,6)7/h3H,1,4H2,2H3. The van der Waals surface area contributed by atoms with Gasteiger partial charge in [-0.1, -0.05) is 6.58 Å². The van der Waals surface area contributed by atoms with Crippen LogP contribution >= 0.6 is 0 Å². The zero-order chi connectivity index (χ0) is 6.78. The lowest BCUT2D eigenvalue weighted by Crippen LogP contribution is -2.30. The van der Waals surface area contributed by atoms with Crippen molar-refractivity contribution in [3.63, 3.8) is 0 Å². The van der Waals surface area contributed by atoms with Gasteiger partial charge in [-0.25, -0.2) is 18.7 Å². The predicted octanol–water partition coefficient (Wildman–Crippen LogP) is -0.735. The predicted molar refractivity (Wildman–Crippen MR) is 31.1 cm³/mol. The van der Waals surface area contributed by atoms with Crippen LogP contribution in [0.2, 0.25) is 0 Å². The molecule has 0 aromatic heterocycles. The van der Waals surface area contributed by atoms with Crippen LogP contribution in [0.5, 0.6) is 0 Å². The lowest BCUT2D eigenvalue weighted by molar-refractivity contribution is 0.519. The van der Waals surface area contributed by atoms with E-state index in [1.807, 2.05) is 0 Å². The summed E-state index contributed by atoms with van der Waals surface area (Å²) in [7, 11) is -3.26. The highest BCUT2D eigenvalue weighted by atomic mass is 32.2. The fraction of sp³-hybridized carbons (Fsp3) is 0.333. The van der Waals surface area contributed by atoms with Gasteiger partial charge in [0, 0.05) is 6.20 Å². The quantitative estimate of drug-likeness (QED) is 0.402. The highest BCUT2D eigenvalue weighted by Gasteiger charge is 2.02. The first-order valence-corrected chi connectivity index (χ1v) is 3.70. The number of nitrogens with zero attached hydrogens (tertiary/aromatic N) is 1. The van der Waals surface area contributed by atoms with Crippen molar-refractivity contribution in [2.45, 2.75) is 0 Å². The van der Waals surface area contributed by atoms with E-state index >= 15 is 0 Å². The molecule has 0 radical (unpaired) electrons. The van der Waals surface area contributed by atoms with Crippen LogP contribution in [0.1, 0.15) is 0 Å². The summed E-state index contributed by atoms with van der Waals surface area (Å²) in [6.45, 7) is 3.15. The third-order valence-corrected chi connectivity index (χ3v) is 1.48. The summed E-state index contributed by atoms with van der Waals surface area (Å²) in [5.41, 5.74) is 0. The molecule has 0 aliphatic carbocycles. The number of hydrogen-bond acceptors (Lipinski definition) is 3. The Hall–Kier alpha value is -0.550. The fourth-order valence-electron chi connectivity index (χ4n) is 0.135. The Morgan fingerprint density at radius 3 is 2.12 bits per heavy atom. The highest BCUT2D eigenvalue weighted by molar-refractivity contribution is 7.88. The number of rotatable bonds is 2. The van der Waals surface area contributed by atoms with Gasteiger partial charge in [0.1, 0.15) is 0 Å². The topological polar surface area (TPSA) is 63.4 Å². The lowest BCUT2D eigenvalue weighted by Gasteiger charge is -2.07. The molecule has 0 bridgehead atoms. The summed E-state index contributed by atoms with van der Waals surface area (Å²) in [6, 6.07) is 0.